The van der Waals surface area contributed by atoms with E-state index in [4.69, 9.17) is 9.47 Å². The molecular formula is C22H44O3S2. The fourth-order valence-corrected chi connectivity index (χ4v) is 5.89. The monoisotopic (exact) mass is 420 g/mol. The maximum absolute atomic E-state index is 11.6. The van der Waals surface area contributed by atoms with Gasteiger partial charge in [0.1, 0.15) is 0 Å². The molecule has 0 heterocycles. The predicted molar refractivity (Wildman–Crippen MR) is 123 cm³/mol. The van der Waals surface area contributed by atoms with E-state index in [0.29, 0.717) is 10.5 Å². The van der Waals surface area contributed by atoms with Crippen LogP contribution in [0.25, 0.3) is 0 Å². The molecule has 0 fully saturated rings. The van der Waals surface area contributed by atoms with Crippen molar-refractivity contribution >= 4 is 29.5 Å². The van der Waals surface area contributed by atoms with Crippen LogP contribution >= 0.6 is 23.5 Å². The van der Waals surface area contributed by atoms with Crippen molar-refractivity contribution in [3.05, 3.63) is 0 Å². The topological polar surface area (TPSA) is 35.5 Å². The van der Waals surface area contributed by atoms with E-state index in [0.717, 1.165) is 19.3 Å². The zero-order valence-electron chi connectivity index (χ0n) is 18.5. The minimum absolute atomic E-state index is 0.255. The summed E-state index contributed by atoms with van der Waals surface area (Å²) < 4.78 is 10.0. The van der Waals surface area contributed by atoms with E-state index in [-0.39, 0.29) is 5.97 Å². The number of methoxy groups -OCH3 is 2. The molecule has 0 aliphatic heterocycles. The number of carbonyl (C=O) groups is 1. The van der Waals surface area contributed by atoms with Gasteiger partial charge in [0.15, 0.2) is 6.10 Å². The third-order valence-corrected chi connectivity index (χ3v) is 7.83. The normalized spacial score (nSPS) is 14.7. The van der Waals surface area contributed by atoms with E-state index in [2.05, 4.69) is 19.4 Å². The fraction of sp³-hybridized carbons (Fsp3) is 0.955. The second-order valence-electron chi connectivity index (χ2n) is 7.34. The van der Waals surface area contributed by atoms with Gasteiger partial charge in [-0.2, -0.15) is 23.5 Å². The van der Waals surface area contributed by atoms with Gasteiger partial charge in [-0.25, -0.2) is 4.79 Å². The molecule has 5 heteroatoms. The van der Waals surface area contributed by atoms with Crippen LogP contribution in [-0.2, 0) is 14.3 Å². The summed E-state index contributed by atoms with van der Waals surface area (Å²) in [5.74, 6) is -0.255. The molecule has 0 aliphatic carbocycles. The molecule has 0 saturated carbocycles. The second-order valence-corrected chi connectivity index (χ2v) is 9.50. The van der Waals surface area contributed by atoms with Gasteiger partial charge in [-0.3, -0.25) is 0 Å². The summed E-state index contributed by atoms with van der Waals surface area (Å²) in [6.07, 6.45) is 20.8. The van der Waals surface area contributed by atoms with Gasteiger partial charge in [0.25, 0.3) is 0 Å². The lowest BCUT2D eigenvalue weighted by molar-refractivity contribution is -0.152. The molecule has 0 aromatic rings. The Labute approximate surface area is 177 Å². The van der Waals surface area contributed by atoms with E-state index in [1.54, 1.807) is 7.11 Å². The zero-order valence-corrected chi connectivity index (χ0v) is 20.1. The maximum Gasteiger partial charge on any atom is 0.334 e. The van der Waals surface area contributed by atoms with Gasteiger partial charge in [0, 0.05) is 17.6 Å². The number of hydrogen-bond acceptors (Lipinski definition) is 5. The minimum atomic E-state index is -0.414. The Hall–Kier alpha value is 0.130. The lowest BCUT2D eigenvalue weighted by Crippen LogP contribution is -2.25. The maximum atomic E-state index is 11.6. The first-order valence-electron chi connectivity index (χ1n) is 10.8. The molecule has 3 unspecified atom stereocenters. The molecule has 0 radical (unpaired) electrons. The van der Waals surface area contributed by atoms with E-state index in [1.165, 1.54) is 71.3 Å². The number of rotatable bonds is 19. The molecule has 0 N–H and O–H groups in total. The highest BCUT2D eigenvalue weighted by molar-refractivity contribution is 8.03. The lowest BCUT2D eigenvalue weighted by atomic mass is 10.0. The van der Waals surface area contributed by atoms with Gasteiger partial charge in [-0.05, 0) is 38.2 Å². The van der Waals surface area contributed by atoms with Crippen LogP contribution in [0.15, 0.2) is 0 Å². The number of thioether (sulfide) groups is 2. The summed E-state index contributed by atoms with van der Waals surface area (Å²) in [5, 5.41) is 1.37. The fourth-order valence-electron chi connectivity index (χ4n) is 3.54. The first kappa shape index (κ1) is 27.1. The van der Waals surface area contributed by atoms with Crippen LogP contribution in [-0.4, -0.2) is 49.3 Å². The van der Waals surface area contributed by atoms with Gasteiger partial charge in [0.2, 0.25) is 0 Å². The Kier molecular flexibility index (Phi) is 19.5. The molecule has 0 rings (SSSR count). The molecular weight excluding hydrogens is 376 g/mol. The van der Waals surface area contributed by atoms with Crippen molar-refractivity contribution < 1.29 is 14.3 Å². The molecule has 0 aromatic carbocycles. The van der Waals surface area contributed by atoms with E-state index < -0.39 is 6.10 Å². The predicted octanol–water partition coefficient (Wildman–Crippen LogP) is 6.73. The van der Waals surface area contributed by atoms with Crippen molar-refractivity contribution in [1.82, 2.24) is 0 Å². The third-order valence-electron chi connectivity index (χ3n) is 5.32. The third kappa shape index (κ3) is 13.9. The molecule has 3 nitrogen and oxygen atoms in total. The standard InChI is InChI=1S/C22H44O3S2/c1-6-7-8-9-10-11-12-13-14-17-20(26-4)21(27-5)18-15-16-19(24-2)22(23)25-3/h19-21H,6-18H2,1-5H3. The molecule has 0 amide bonds. The van der Waals surface area contributed by atoms with Crippen molar-refractivity contribution in [2.24, 2.45) is 0 Å². The zero-order chi connectivity index (χ0) is 20.3. The molecule has 162 valence electrons. The summed E-state index contributed by atoms with van der Waals surface area (Å²) in [6.45, 7) is 2.28. The Bertz CT molecular complexity index is 340. The SMILES string of the molecule is CCCCCCCCCCCC(SC)C(CCCC(OC)C(=O)OC)SC. The van der Waals surface area contributed by atoms with Gasteiger partial charge in [0.05, 0.1) is 7.11 Å². The van der Waals surface area contributed by atoms with E-state index in [9.17, 15) is 4.79 Å². The highest BCUT2D eigenvalue weighted by Gasteiger charge is 2.22. The molecule has 0 saturated heterocycles. The van der Waals surface area contributed by atoms with Crippen LogP contribution in [0.5, 0.6) is 0 Å². The Balaban J connectivity index is 3.97. The average Bonchev–Trinajstić information content (AvgIpc) is 2.70. The smallest absolute Gasteiger partial charge is 0.334 e. The number of ether oxygens (including phenoxy) is 2. The summed E-state index contributed by atoms with van der Waals surface area (Å²) in [7, 11) is 3.01. The summed E-state index contributed by atoms with van der Waals surface area (Å²) in [5.41, 5.74) is 0. The number of unbranched alkanes of at least 4 members (excludes halogenated alkanes) is 8. The van der Waals surface area contributed by atoms with Crippen molar-refractivity contribution in [2.75, 3.05) is 26.7 Å². The highest BCUT2D eigenvalue weighted by atomic mass is 32.2. The largest absolute Gasteiger partial charge is 0.467 e. The Morgan fingerprint density at radius 1 is 0.741 bits per heavy atom. The molecule has 0 aromatic heterocycles. The number of carbonyl (C=O) groups excluding carboxylic acids is 1. The van der Waals surface area contributed by atoms with E-state index in [1.807, 2.05) is 23.5 Å². The van der Waals surface area contributed by atoms with Crippen molar-refractivity contribution in [3.63, 3.8) is 0 Å². The van der Waals surface area contributed by atoms with Crippen LogP contribution in [0.4, 0.5) is 0 Å². The Morgan fingerprint density at radius 3 is 1.67 bits per heavy atom. The molecule has 0 spiro atoms. The first-order chi connectivity index (χ1) is 13.1. The second kappa shape index (κ2) is 19.4. The van der Waals surface area contributed by atoms with E-state index >= 15 is 0 Å². The van der Waals surface area contributed by atoms with Crippen LogP contribution in [0.2, 0.25) is 0 Å². The lowest BCUT2D eigenvalue weighted by Gasteiger charge is -2.25. The van der Waals surface area contributed by atoms with Crippen LogP contribution in [0.3, 0.4) is 0 Å². The molecule has 3 atom stereocenters. The number of hydrogen-bond donors (Lipinski definition) is 0. The highest BCUT2D eigenvalue weighted by Crippen LogP contribution is 2.30. The van der Waals surface area contributed by atoms with Crippen molar-refractivity contribution in [3.8, 4) is 0 Å². The Morgan fingerprint density at radius 2 is 1.22 bits per heavy atom. The minimum Gasteiger partial charge on any atom is -0.467 e. The van der Waals surface area contributed by atoms with Crippen molar-refractivity contribution in [1.29, 1.82) is 0 Å². The first-order valence-corrected chi connectivity index (χ1v) is 13.4. The van der Waals surface area contributed by atoms with Gasteiger partial charge in [-0.1, -0.05) is 64.7 Å². The van der Waals surface area contributed by atoms with Crippen LogP contribution in [0.1, 0.15) is 90.4 Å². The summed E-state index contributed by atoms with van der Waals surface area (Å²) in [4.78, 5) is 11.6. The number of esters is 1. The summed E-state index contributed by atoms with van der Waals surface area (Å²) >= 11 is 3.99. The molecule has 27 heavy (non-hydrogen) atoms. The molecule has 0 aliphatic rings. The molecule has 0 bridgehead atoms. The van der Waals surface area contributed by atoms with Crippen LogP contribution < -0.4 is 0 Å². The summed E-state index contributed by atoms with van der Waals surface area (Å²) in [6, 6.07) is 0. The quantitative estimate of drug-likeness (QED) is 0.171. The average molecular weight is 421 g/mol. The van der Waals surface area contributed by atoms with Gasteiger partial charge in [-0.15, -0.1) is 0 Å². The van der Waals surface area contributed by atoms with Gasteiger partial charge < -0.3 is 9.47 Å². The van der Waals surface area contributed by atoms with Gasteiger partial charge >= 0.3 is 5.97 Å². The van der Waals surface area contributed by atoms with Crippen LogP contribution in [0, 0.1) is 0 Å². The van der Waals surface area contributed by atoms with Crippen molar-refractivity contribution in [2.45, 2.75) is 107 Å².